The maximum atomic E-state index is 12.0. The molecule has 4 heteroatoms. The Morgan fingerprint density at radius 1 is 1.25 bits per heavy atom. The molecule has 2 aliphatic rings. The second-order valence-electron chi connectivity index (χ2n) is 4.96. The number of amides is 1. The van der Waals surface area contributed by atoms with E-state index in [-0.39, 0.29) is 12.0 Å². The van der Waals surface area contributed by atoms with E-state index in [1.165, 1.54) is 0 Å². The van der Waals surface area contributed by atoms with Crippen LogP contribution in [0.3, 0.4) is 0 Å². The Bertz CT molecular complexity index is 245. The molecule has 0 aromatic rings. The highest BCUT2D eigenvalue weighted by Crippen LogP contribution is 2.36. The number of aliphatic hydroxyl groups is 1. The number of piperidine rings is 1. The van der Waals surface area contributed by atoms with E-state index >= 15 is 0 Å². The van der Waals surface area contributed by atoms with Crippen LogP contribution in [0.2, 0.25) is 0 Å². The first-order valence-electron chi connectivity index (χ1n) is 6.27. The molecule has 0 aromatic carbocycles. The number of fused-ring (bicyclic) bond motifs is 2. The normalized spacial score (nSPS) is 33.1. The lowest BCUT2D eigenvalue weighted by Crippen LogP contribution is -2.47. The van der Waals surface area contributed by atoms with Gasteiger partial charge in [-0.05, 0) is 38.5 Å². The lowest BCUT2D eigenvalue weighted by molar-refractivity contribution is -0.137. The molecule has 2 saturated heterocycles. The van der Waals surface area contributed by atoms with Crippen molar-refractivity contribution in [3.8, 4) is 0 Å². The van der Waals surface area contributed by atoms with Gasteiger partial charge in [-0.2, -0.15) is 0 Å². The topological polar surface area (TPSA) is 40.5 Å². The minimum absolute atomic E-state index is 0.190. The predicted molar refractivity (Wildman–Crippen MR) is 63.5 cm³/mol. The van der Waals surface area contributed by atoms with Crippen molar-refractivity contribution < 1.29 is 9.90 Å². The lowest BCUT2D eigenvalue weighted by atomic mass is 9.99. The fraction of sp³-hybridized carbons (Fsp3) is 0.917. The second-order valence-corrected chi connectivity index (χ2v) is 5.34. The van der Waals surface area contributed by atoms with Crippen LogP contribution < -0.4 is 0 Å². The Labute approximate surface area is 102 Å². The third-order valence-electron chi connectivity index (χ3n) is 3.77. The molecule has 2 bridgehead atoms. The van der Waals surface area contributed by atoms with Gasteiger partial charge < -0.3 is 10.0 Å². The van der Waals surface area contributed by atoms with Crippen molar-refractivity contribution in [3.63, 3.8) is 0 Å². The molecule has 0 aliphatic carbocycles. The van der Waals surface area contributed by atoms with Gasteiger partial charge in [0.1, 0.15) is 0 Å². The zero-order valence-electron chi connectivity index (χ0n) is 9.57. The Hall–Kier alpha value is -0.280. The van der Waals surface area contributed by atoms with E-state index in [0.717, 1.165) is 38.5 Å². The Morgan fingerprint density at radius 3 is 2.44 bits per heavy atom. The number of nitrogens with zero attached hydrogens (tertiary/aromatic N) is 1. The number of hydrogen-bond acceptors (Lipinski definition) is 2. The molecule has 0 radical (unpaired) electrons. The molecule has 16 heavy (non-hydrogen) atoms. The number of carbonyl (C=O) groups excluding carboxylic acids is 1. The van der Waals surface area contributed by atoms with Crippen molar-refractivity contribution in [2.45, 2.75) is 63.1 Å². The van der Waals surface area contributed by atoms with E-state index in [0.29, 0.717) is 24.4 Å². The van der Waals surface area contributed by atoms with Gasteiger partial charge in [0.05, 0.1) is 6.10 Å². The first kappa shape index (κ1) is 12.2. The summed E-state index contributed by atoms with van der Waals surface area (Å²) in [6.07, 6.45) is 5.93. The molecule has 0 spiro atoms. The number of halogens is 1. The molecule has 2 rings (SSSR count). The minimum atomic E-state index is -0.190. The fourth-order valence-electron chi connectivity index (χ4n) is 3.06. The summed E-state index contributed by atoms with van der Waals surface area (Å²) in [5, 5.41) is 9.65. The van der Waals surface area contributed by atoms with Gasteiger partial charge in [0.25, 0.3) is 0 Å². The Kier molecular flexibility index (Phi) is 4.09. The molecular formula is C12H20ClNO2. The van der Waals surface area contributed by atoms with Crippen LogP contribution in [0, 0.1) is 0 Å². The van der Waals surface area contributed by atoms with Gasteiger partial charge in [0, 0.05) is 24.4 Å². The number of aliphatic hydroxyl groups excluding tert-OH is 1. The highest BCUT2D eigenvalue weighted by atomic mass is 35.5. The molecule has 2 aliphatic heterocycles. The maximum Gasteiger partial charge on any atom is 0.223 e. The van der Waals surface area contributed by atoms with Crippen LogP contribution in [-0.2, 0) is 4.79 Å². The third-order valence-corrected chi connectivity index (χ3v) is 4.04. The van der Waals surface area contributed by atoms with Gasteiger partial charge in [-0.15, -0.1) is 11.6 Å². The number of rotatable bonds is 4. The molecule has 1 amide bonds. The molecule has 2 unspecified atom stereocenters. The summed E-state index contributed by atoms with van der Waals surface area (Å²) in [6, 6.07) is 0.606. The van der Waals surface area contributed by atoms with E-state index in [2.05, 4.69) is 0 Å². The summed E-state index contributed by atoms with van der Waals surface area (Å²) in [7, 11) is 0. The zero-order chi connectivity index (χ0) is 11.5. The van der Waals surface area contributed by atoms with Crippen molar-refractivity contribution in [2.75, 3.05) is 5.88 Å². The Morgan fingerprint density at radius 2 is 1.88 bits per heavy atom. The molecule has 0 aromatic heterocycles. The summed E-state index contributed by atoms with van der Waals surface area (Å²) < 4.78 is 0. The van der Waals surface area contributed by atoms with Crippen LogP contribution >= 0.6 is 11.6 Å². The van der Waals surface area contributed by atoms with E-state index < -0.39 is 0 Å². The van der Waals surface area contributed by atoms with Crippen LogP contribution in [-0.4, -0.2) is 40.0 Å². The monoisotopic (exact) mass is 245 g/mol. The smallest absolute Gasteiger partial charge is 0.223 e. The maximum absolute atomic E-state index is 12.0. The fourth-order valence-corrected chi connectivity index (χ4v) is 3.24. The van der Waals surface area contributed by atoms with Crippen molar-refractivity contribution in [2.24, 2.45) is 0 Å². The first-order chi connectivity index (χ1) is 7.72. The average Bonchev–Trinajstić information content (AvgIpc) is 2.52. The molecule has 0 saturated carbocycles. The molecular weight excluding hydrogens is 226 g/mol. The molecule has 92 valence electrons. The van der Waals surface area contributed by atoms with E-state index in [4.69, 9.17) is 11.6 Å². The SMILES string of the molecule is O=C(CCCCCl)N1C2CCC1CC(O)C2. The van der Waals surface area contributed by atoms with Gasteiger partial charge in [0.2, 0.25) is 5.91 Å². The number of carbonyl (C=O) groups is 1. The number of unbranched alkanes of at least 4 members (excludes halogenated alkanes) is 1. The first-order valence-corrected chi connectivity index (χ1v) is 6.81. The Balaban J connectivity index is 1.87. The number of hydrogen-bond donors (Lipinski definition) is 1. The largest absolute Gasteiger partial charge is 0.393 e. The highest BCUT2D eigenvalue weighted by molar-refractivity contribution is 6.17. The van der Waals surface area contributed by atoms with Gasteiger partial charge in [-0.1, -0.05) is 0 Å². The highest BCUT2D eigenvalue weighted by Gasteiger charge is 2.42. The van der Waals surface area contributed by atoms with Gasteiger partial charge in [-0.3, -0.25) is 4.79 Å². The minimum Gasteiger partial charge on any atom is -0.393 e. The lowest BCUT2D eigenvalue weighted by Gasteiger charge is -2.37. The molecule has 3 nitrogen and oxygen atoms in total. The summed E-state index contributed by atoms with van der Waals surface area (Å²) in [5.41, 5.74) is 0. The van der Waals surface area contributed by atoms with Gasteiger partial charge >= 0.3 is 0 Å². The van der Waals surface area contributed by atoms with Gasteiger partial charge in [0.15, 0.2) is 0 Å². The quantitative estimate of drug-likeness (QED) is 0.607. The van der Waals surface area contributed by atoms with Crippen molar-refractivity contribution in [1.29, 1.82) is 0 Å². The molecule has 2 atom stereocenters. The van der Waals surface area contributed by atoms with Crippen LogP contribution in [0.1, 0.15) is 44.9 Å². The zero-order valence-corrected chi connectivity index (χ0v) is 10.3. The molecule has 2 heterocycles. The molecule has 2 fully saturated rings. The summed E-state index contributed by atoms with van der Waals surface area (Å²) in [6.45, 7) is 0. The summed E-state index contributed by atoms with van der Waals surface area (Å²) in [4.78, 5) is 14.1. The van der Waals surface area contributed by atoms with Crippen LogP contribution in [0.5, 0.6) is 0 Å². The molecule has 1 N–H and O–H groups in total. The summed E-state index contributed by atoms with van der Waals surface area (Å²) in [5.74, 6) is 0.906. The second kappa shape index (κ2) is 5.37. The van der Waals surface area contributed by atoms with E-state index in [1.807, 2.05) is 4.90 Å². The van der Waals surface area contributed by atoms with Crippen LogP contribution in [0.4, 0.5) is 0 Å². The van der Waals surface area contributed by atoms with Crippen LogP contribution in [0.25, 0.3) is 0 Å². The standard InChI is InChI=1S/C12H20ClNO2/c13-6-2-1-3-12(16)14-9-4-5-10(14)8-11(15)7-9/h9-11,15H,1-8H2. The van der Waals surface area contributed by atoms with Crippen molar-refractivity contribution in [1.82, 2.24) is 4.90 Å². The van der Waals surface area contributed by atoms with E-state index in [9.17, 15) is 9.90 Å². The van der Waals surface area contributed by atoms with E-state index in [1.54, 1.807) is 0 Å². The average molecular weight is 246 g/mol. The summed E-state index contributed by atoms with van der Waals surface area (Å²) >= 11 is 5.60. The predicted octanol–water partition coefficient (Wildman–Crippen LogP) is 1.91. The van der Waals surface area contributed by atoms with Gasteiger partial charge in [-0.25, -0.2) is 0 Å². The van der Waals surface area contributed by atoms with Crippen molar-refractivity contribution >= 4 is 17.5 Å². The third kappa shape index (κ3) is 2.51. The van der Waals surface area contributed by atoms with Crippen LogP contribution in [0.15, 0.2) is 0 Å². The number of alkyl halides is 1. The van der Waals surface area contributed by atoms with Crippen molar-refractivity contribution in [3.05, 3.63) is 0 Å².